The quantitative estimate of drug-likeness (QED) is 0.835. The van der Waals surface area contributed by atoms with Crippen LogP contribution in [0.3, 0.4) is 0 Å². The van der Waals surface area contributed by atoms with Crippen LogP contribution >= 0.6 is 0 Å². The fraction of sp³-hybridized carbons (Fsp3) is 0.867. The van der Waals surface area contributed by atoms with Crippen molar-refractivity contribution in [3.63, 3.8) is 0 Å². The van der Waals surface area contributed by atoms with Crippen molar-refractivity contribution in [1.82, 2.24) is 10.2 Å². The molecule has 2 aliphatic rings. The molecule has 5 heteroatoms. The molecule has 1 saturated heterocycles. The second kappa shape index (κ2) is 6.95. The van der Waals surface area contributed by atoms with Crippen molar-refractivity contribution in [2.45, 2.75) is 57.9 Å². The first-order valence-electron chi connectivity index (χ1n) is 7.88. The van der Waals surface area contributed by atoms with Crippen LogP contribution in [0.1, 0.15) is 51.9 Å². The fourth-order valence-electron chi connectivity index (χ4n) is 3.34. The van der Waals surface area contributed by atoms with Crippen LogP contribution in [0.25, 0.3) is 0 Å². The molecule has 5 nitrogen and oxygen atoms in total. The van der Waals surface area contributed by atoms with Gasteiger partial charge >= 0.3 is 12.0 Å². The molecule has 1 heterocycles. The van der Waals surface area contributed by atoms with Gasteiger partial charge in [0.15, 0.2) is 0 Å². The summed E-state index contributed by atoms with van der Waals surface area (Å²) in [5, 5.41) is 12.1. The van der Waals surface area contributed by atoms with Gasteiger partial charge in [0.1, 0.15) is 0 Å². The van der Waals surface area contributed by atoms with E-state index in [1.807, 2.05) is 0 Å². The summed E-state index contributed by atoms with van der Waals surface area (Å²) in [6, 6.07) is 0.200. The summed E-state index contributed by atoms with van der Waals surface area (Å²) < 4.78 is 0. The number of carbonyl (C=O) groups excluding carboxylic acids is 1. The Hall–Kier alpha value is -1.26. The molecule has 20 heavy (non-hydrogen) atoms. The summed E-state index contributed by atoms with van der Waals surface area (Å²) in [4.78, 5) is 24.9. The minimum atomic E-state index is -0.786. The second-order valence-electron chi connectivity index (χ2n) is 6.20. The summed E-state index contributed by atoms with van der Waals surface area (Å²) in [6.07, 6.45) is 7.19. The third-order valence-corrected chi connectivity index (χ3v) is 4.81. The van der Waals surface area contributed by atoms with Gasteiger partial charge in [0.25, 0.3) is 0 Å². The third kappa shape index (κ3) is 3.87. The lowest BCUT2D eigenvalue weighted by Crippen LogP contribution is -2.50. The summed E-state index contributed by atoms with van der Waals surface area (Å²) in [5.41, 5.74) is 0. The SMILES string of the molecule is CCC1CCC(NC(=O)N2CCC[C@H](C(=O)O)C2)CC1. The highest BCUT2D eigenvalue weighted by Gasteiger charge is 2.29. The zero-order valence-electron chi connectivity index (χ0n) is 12.3. The number of piperidine rings is 1. The molecule has 0 bridgehead atoms. The van der Waals surface area contributed by atoms with E-state index < -0.39 is 11.9 Å². The Morgan fingerprint density at radius 3 is 2.50 bits per heavy atom. The first kappa shape index (κ1) is 15.1. The molecule has 2 amide bonds. The number of likely N-dealkylation sites (tertiary alicyclic amines) is 1. The fourth-order valence-corrected chi connectivity index (χ4v) is 3.34. The van der Waals surface area contributed by atoms with Crippen molar-refractivity contribution in [2.75, 3.05) is 13.1 Å². The molecule has 1 aliphatic carbocycles. The average Bonchev–Trinajstić information content (AvgIpc) is 2.48. The molecule has 2 fully saturated rings. The van der Waals surface area contributed by atoms with E-state index in [1.54, 1.807) is 4.90 Å². The summed E-state index contributed by atoms with van der Waals surface area (Å²) >= 11 is 0. The predicted molar refractivity (Wildman–Crippen MR) is 76.5 cm³/mol. The zero-order chi connectivity index (χ0) is 14.5. The Labute approximate surface area is 120 Å². The topological polar surface area (TPSA) is 69.6 Å². The number of amides is 2. The maximum absolute atomic E-state index is 12.2. The lowest BCUT2D eigenvalue weighted by atomic mass is 9.84. The monoisotopic (exact) mass is 282 g/mol. The molecule has 1 aliphatic heterocycles. The largest absolute Gasteiger partial charge is 0.481 e. The summed E-state index contributed by atoms with van der Waals surface area (Å²) in [7, 11) is 0. The molecule has 0 unspecified atom stereocenters. The van der Waals surface area contributed by atoms with Crippen LogP contribution in [0.15, 0.2) is 0 Å². The van der Waals surface area contributed by atoms with E-state index in [1.165, 1.54) is 19.3 Å². The van der Waals surface area contributed by atoms with Crippen molar-refractivity contribution in [3.8, 4) is 0 Å². The second-order valence-corrected chi connectivity index (χ2v) is 6.20. The van der Waals surface area contributed by atoms with Crippen molar-refractivity contribution < 1.29 is 14.7 Å². The third-order valence-electron chi connectivity index (χ3n) is 4.81. The van der Waals surface area contributed by atoms with Crippen molar-refractivity contribution in [3.05, 3.63) is 0 Å². The van der Waals surface area contributed by atoms with Crippen LogP contribution in [0, 0.1) is 11.8 Å². The minimum Gasteiger partial charge on any atom is -0.481 e. The van der Waals surface area contributed by atoms with E-state index in [0.717, 1.165) is 25.2 Å². The Kier molecular flexibility index (Phi) is 5.26. The number of nitrogens with zero attached hydrogens (tertiary/aromatic N) is 1. The molecule has 1 atom stereocenters. The van der Waals surface area contributed by atoms with Gasteiger partial charge in [-0.05, 0) is 44.4 Å². The molecule has 0 aromatic rings. The number of carboxylic acids is 1. The highest BCUT2D eigenvalue weighted by molar-refractivity contribution is 5.76. The maximum atomic E-state index is 12.2. The summed E-state index contributed by atoms with van der Waals surface area (Å²) in [5.74, 6) is -0.370. The standard InChI is InChI=1S/C15H26N2O3/c1-2-11-5-7-13(8-6-11)16-15(20)17-9-3-4-12(10-17)14(18)19/h11-13H,2-10H2,1H3,(H,16,20)(H,18,19)/t11?,12-,13?/m0/s1. The number of aliphatic carboxylic acids is 1. The smallest absolute Gasteiger partial charge is 0.317 e. The van der Waals surface area contributed by atoms with Gasteiger partial charge in [-0.25, -0.2) is 4.79 Å². The van der Waals surface area contributed by atoms with Crippen molar-refractivity contribution >= 4 is 12.0 Å². The van der Waals surface area contributed by atoms with Crippen LogP contribution in [0.5, 0.6) is 0 Å². The maximum Gasteiger partial charge on any atom is 0.317 e. The van der Waals surface area contributed by atoms with E-state index in [4.69, 9.17) is 5.11 Å². The van der Waals surface area contributed by atoms with E-state index in [2.05, 4.69) is 12.2 Å². The Bertz CT molecular complexity index is 351. The average molecular weight is 282 g/mol. The first-order chi connectivity index (χ1) is 9.60. The van der Waals surface area contributed by atoms with Crippen LogP contribution in [-0.2, 0) is 4.79 Å². The van der Waals surface area contributed by atoms with Gasteiger partial charge in [-0.15, -0.1) is 0 Å². The Balaban J connectivity index is 1.78. The van der Waals surface area contributed by atoms with Crippen molar-refractivity contribution in [2.24, 2.45) is 11.8 Å². The lowest BCUT2D eigenvalue weighted by Gasteiger charge is -2.34. The number of nitrogens with one attached hydrogen (secondary N) is 1. The first-order valence-corrected chi connectivity index (χ1v) is 7.88. The van der Waals surface area contributed by atoms with E-state index in [-0.39, 0.29) is 12.1 Å². The van der Waals surface area contributed by atoms with Gasteiger partial charge in [0.2, 0.25) is 0 Å². The Morgan fingerprint density at radius 2 is 1.90 bits per heavy atom. The predicted octanol–water partition coefficient (Wildman–Crippen LogP) is 2.46. The molecule has 1 saturated carbocycles. The number of hydrogen-bond donors (Lipinski definition) is 2. The van der Waals surface area contributed by atoms with Crippen molar-refractivity contribution in [1.29, 1.82) is 0 Å². The van der Waals surface area contributed by atoms with E-state index >= 15 is 0 Å². The number of rotatable bonds is 3. The number of urea groups is 1. The molecular weight excluding hydrogens is 256 g/mol. The van der Waals surface area contributed by atoms with Crippen LogP contribution in [0.4, 0.5) is 4.79 Å². The van der Waals surface area contributed by atoms with Crippen LogP contribution < -0.4 is 5.32 Å². The van der Waals surface area contributed by atoms with Crippen LogP contribution in [0.2, 0.25) is 0 Å². The molecule has 2 N–H and O–H groups in total. The van der Waals surface area contributed by atoms with Gasteiger partial charge < -0.3 is 15.3 Å². The van der Waals surface area contributed by atoms with Gasteiger partial charge in [-0.3, -0.25) is 4.79 Å². The molecule has 0 radical (unpaired) electrons. The highest BCUT2D eigenvalue weighted by Crippen LogP contribution is 2.26. The molecule has 0 spiro atoms. The number of carbonyl (C=O) groups is 2. The van der Waals surface area contributed by atoms with Gasteiger partial charge in [-0.1, -0.05) is 13.3 Å². The van der Waals surface area contributed by atoms with Crippen LogP contribution in [-0.4, -0.2) is 41.1 Å². The van der Waals surface area contributed by atoms with Gasteiger partial charge in [0.05, 0.1) is 5.92 Å². The highest BCUT2D eigenvalue weighted by atomic mass is 16.4. The molecular formula is C15H26N2O3. The Morgan fingerprint density at radius 1 is 1.20 bits per heavy atom. The van der Waals surface area contributed by atoms with Gasteiger partial charge in [0, 0.05) is 19.1 Å². The summed E-state index contributed by atoms with van der Waals surface area (Å²) in [6.45, 7) is 3.26. The van der Waals surface area contributed by atoms with E-state index in [9.17, 15) is 9.59 Å². The number of carboxylic acid groups (broad SMARTS) is 1. The lowest BCUT2D eigenvalue weighted by molar-refractivity contribution is -0.143. The zero-order valence-corrected chi connectivity index (χ0v) is 12.3. The number of hydrogen-bond acceptors (Lipinski definition) is 2. The van der Waals surface area contributed by atoms with Gasteiger partial charge in [-0.2, -0.15) is 0 Å². The minimum absolute atomic E-state index is 0.0732. The molecule has 0 aromatic carbocycles. The molecule has 2 rings (SSSR count). The normalized spacial score (nSPS) is 30.9. The van der Waals surface area contributed by atoms with E-state index in [0.29, 0.717) is 19.5 Å². The molecule has 0 aromatic heterocycles. The molecule has 114 valence electrons.